The topological polar surface area (TPSA) is 69.6 Å². The molecule has 0 amide bonds. The second kappa shape index (κ2) is 5.12. The number of hydrogen-bond donors (Lipinski definition) is 1. The summed E-state index contributed by atoms with van der Waals surface area (Å²) in [5, 5.41) is 12.4. The Morgan fingerprint density at radius 2 is 2.29 bits per heavy atom. The van der Waals surface area contributed by atoms with Gasteiger partial charge in [0.15, 0.2) is 5.82 Å². The third kappa shape index (κ3) is 3.02. The highest BCUT2D eigenvalue weighted by Gasteiger charge is 2.14. The number of aryl methyl sites for hydroxylation is 1. The standard InChI is InChI=1S/C10H11BrClN5/c1-17-15-10(14-16-17)5-9(13)7-4-6(11)2-3-8(7)12/h2-4,9H,5,13H2,1H3. The first-order valence-electron chi connectivity index (χ1n) is 4.99. The number of benzene rings is 1. The lowest BCUT2D eigenvalue weighted by molar-refractivity contribution is 0.622. The Balaban J connectivity index is 2.19. The van der Waals surface area contributed by atoms with Crippen LogP contribution in [0.25, 0.3) is 0 Å². The van der Waals surface area contributed by atoms with Gasteiger partial charge in [0.25, 0.3) is 0 Å². The van der Waals surface area contributed by atoms with E-state index in [0.29, 0.717) is 17.3 Å². The Hall–Kier alpha value is -0.980. The van der Waals surface area contributed by atoms with Crippen LogP contribution < -0.4 is 5.73 Å². The zero-order valence-corrected chi connectivity index (χ0v) is 11.5. The van der Waals surface area contributed by atoms with Gasteiger partial charge in [-0.2, -0.15) is 4.80 Å². The van der Waals surface area contributed by atoms with Crippen molar-refractivity contribution < 1.29 is 0 Å². The minimum atomic E-state index is -0.246. The van der Waals surface area contributed by atoms with E-state index in [4.69, 9.17) is 17.3 Å². The van der Waals surface area contributed by atoms with E-state index in [1.165, 1.54) is 4.80 Å². The minimum Gasteiger partial charge on any atom is -0.324 e. The van der Waals surface area contributed by atoms with Gasteiger partial charge >= 0.3 is 0 Å². The molecule has 1 atom stereocenters. The van der Waals surface area contributed by atoms with Crippen molar-refractivity contribution in [1.82, 2.24) is 20.2 Å². The normalized spacial score (nSPS) is 12.7. The van der Waals surface area contributed by atoms with E-state index < -0.39 is 0 Å². The van der Waals surface area contributed by atoms with Crippen LogP contribution in [-0.4, -0.2) is 20.2 Å². The molecule has 7 heteroatoms. The Kier molecular flexibility index (Phi) is 3.76. The van der Waals surface area contributed by atoms with E-state index in [9.17, 15) is 0 Å². The Labute approximate surface area is 112 Å². The molecule has 2 N–H and O–H groups in total. The summed E-state index contributed by atoms with van der Waals surface area (Å²) >= 11 is 9.49. The molecule has 0 saturated heterocycles. The van der Waals surface area contributed by atoms with Crippen LogP contribution in [-0.2, 0) is 13.5 Å². The summed E-state index contributed by atoms with van der Waals surface area (Å²) in [6, 6.07) is 5.34. The second-order valence-corrected chi connectivity index (χ2v) is 4.99. The molecule has 17 heavy (non-hydrogen) atoms. The number of halogens is 2. The minimum absolute atomic E-state index is 0.246. The van der Waals surface area contributed by atoms with Gasteiger partial charge in [-0.3, -0.25) is 0 Å². The van der Waals surface area contributed by atoms with Crippen molar-refractivity contribution in [3.05, 3.63) is 39.1 Å². The zero-order chi connectivity index (χ0) is 12.4. The monoisotopic (exact) mass is 315 g/mol. The SMILES string of the molecule is Cn1nnc(CC(N)c2cc(Br)ccc2Cl)n1. The van der Waals surface area contributed by atoms with Crippen LogP contribution in [0.15, 0.2) is 22.7 Å². The fraction of sp³-hybridized carbons (Fsp3) is 0.300. The van der Waals surface area contributed by atoms with Crippen molar-refractivity contribution in [1.29, 1.82) is 0 Å². The highest BCUT2D eigenvalue weighted by atomic mass is 79.9. The summed E-state index contributed by atoms with van der Waals surface area (Å²) in [6.07, 6.45) is 0.504. The molecular weight excluding hydrogens is 306 g/mol. The molecule has 0 saturated carbocycles. The first kappa shape index (κ1) is 12.5. The molecule has 2 rings (SSSR count). The van der Waals surface area contributed by atoms with Crippen LogP contribution in [0.4, 0.5) is 0 Å². The molecule has 90 valence electrons. The van der Waals surface area contributed by atoms with E-state index in [1.54, 1.807) is 7.05 Å². The first-order valence-corrected chi connectivity index (χ1v) is 6.17. The average Bonchev–Trinajstić information content (AvgIpc) is 2.67. The van der Waals surface area contributed by atoms with E-state index >= 15 is 0 Å². The number of nitrogens with two attached hydrogens (primary N) is 1. The molecule has 0 aliphatic rings. The van der Waals surface area contributed by atoms with Gasteiger partial charge < -0.3 is 5.73 Å². The van der Waals surface area contributed by atoms with Crippen LogP contribution in [0.2, 0.25) is 5.02 Å². The molecule has 1 unspecified atom stereocenters. The maximum absolute atomic E-state index is 6.10. The number of aromatic nitrogens is 4. The molecule has 1 heterocycles. The molecule has 0 fully saturated rings. The number of hydrogen-bond acceptors (Lipinski definition) is 4. The molecule has 1 aromatic heterocycles. The summed E-state index contributed by atoms with van der Waals surface area (Å²) in [5.74, 6) is 0.607. The fourth-order valence-corrected chi connectivity index (χ4v) is 2.15. The number of tetrazole rings is 1. The Morgan fingerprint density at radius 1 is 1.53 bits per heavy atom. The van der Waals surface area contributed by atoms with E-state index in [2.05, 4.69) is 31.3 Å². The lowest BCUT2D eigenvalue weighted by Gasteiger charge is -2.12. The maximum atomic E-state index is 6.10. The molecule has 2 aromatic rings. The van der Waals surface area contributed by atoms with Crippen LogP contribution in [0.5, 0.6) is 0 Å². The maximum Gasteiger partial charge on any atom is 0.176 e. The van der Waals surface area contributed by atoms with Gasteiger partial charge in [0.1, 0.15) is 0 Å². The third-order valence-electron chi connectivity index (χ3n) is 2.31. The molecule has 0 aliphatic heterocycles. The molecule has 0 spiro atoms. The van der Waals surface area contributed by atoms with Gasteiger partial charge in [0.2, 0.25) is 0 Å². The Morgan fingerprint density at radius 3 is 2.94 bits per heavy atom. The number of nitrogens with zero attached hydrogens (tertiary/aromatic N) is 4. The van der Waals surface area contributed by atoms with Gasteiger partial charge in [0, 0.05) is 22.0 Å². The van der Waals surface area contributed by atoms with E-state index in [-0.39, 0.29) is 6.04 Å². The summed E-state index contributed by atoms with van der Waals surface area (Å²) < 4.78 is 0.944. The lowest BCUT2D eigenvalue weighted by Crippen LogP contribution is -2.15. The average molecular weight is 317 g/mol. The summed E-state index contributed by atoms with van der Waals surface area (Å²) in [7, 11) is 1.72. The van der Waals surface area contributed by atoms with Crippen LogP contribution in [0, 0.1) is 0 Å². The first-order chi connectivity index (χ1) is 8.06. The summed E-state index contributed by atoms with van der Waals surface area (Å²) in [5.41, 5.74) is 6.95. The third-order valence-corrected chi connectivity index (χ3v) is 3.15. The second-order valence-electron chi connectivity index (χ2n) is 3.67. The van der Waals surface area contributed by atoms with E-state index in [0.717, 1.165) is 10.0 Å². The highest BCUT2D eigenvalue weighted by molar-refractivity contribution is 9.10. The lowest BCUT2D eigenvalue weighted by atomic mass is 10.0. The highest BCUT2D eigenvalue weighted by Crippen LogP contribution is 2.26. The van der Waals surface area contributed by atoms with Crippen LogP contribution in [0.1, 0.15) is 17.4 Å². The van der Waals surface area contributed by atoms with Crippen LogP contribution >= 0.6 is 27.5 Å². The zero-order valence-electron chi connectivity index (χ0n) is 9.14. The van der Waals surface area contributed by atoms with Crippen molar-refractivity contribution in [3.8, 4) is 0 Å². The Bertz CT molecular complexity index is 527. The number of rotatable bonds is 3. The largest absolute Gasteiger partial charge is 0.324 e. The van der Waals surface area contributed by atoms with Crippen molar-refractivity contribution in [2.24, 2.45) is 12.8 Å². The van der Waals surface area contributed by atoms with Gasteiger partial charge in [-0.25, -0.2) is 0 Å². The molecule has 0 radical (unpaired) electrons. The predicted octanol–water partition coefficient (Wildman–Crippen LogP) is 1.87. The van der Waals surface area contributed by atoms with Crippen molar-refractivity contribution in [2.75, 3.05) is 0 Å². The van der Waals surface area contributed by atoms with Crippen molar-refractivity contribution >= 4 is 27.5 Å². The molecule has 0 bridgehead atoms. The van der Waals surface area contributed by atoms with Crippen molar-refractivity contribution in [3.63, 3.8) is 0 Å². The predicted molar refractivity (Wildman–Crippen MR) is 68.6 cm³/mol. The van der Waals surface area contributed by atoms with E-state index in [1.807, 2.05) is 18.2 Å². The molecular formula is C10H11BrClN5. The van der Waals surface area contributed by atoms with Crippen LogP contribution in [0.3, 0.4) is 0 Å². The summed E-state index contributed by atoms with van der Waals surface area (Å²) in [6.45, 7) is 0. The molecule has 1 aromatic carbocycles. The molecule has 5 nitrogen and oxygen atoms in total. The summed E-state index contributed by atoms with van der Waals surface area (Å²) in [4.78, 5) is 1.41. The quantitative estimate of drug-likeness (QED) is 0.938. The smallest absolute Gasteiger partial charge is 0.176 e. The molecule has 0 aliphatic carbocycles. The van der Waals surface area contributed by atoms with Crippen molar-refractivity contribution in [2.45, 2.75) is 12.5 Å². The van der Waals surface area contributed by atoms with Gasteiger partial charge in [-0.1, -0.05) is 27.5 Å². The van der Waals surface area contributed by atoms with Gasteiger partial charge in [-0.05, 0) is 29.0 Å². The van der Waals surface area contributed by atoms with Gasteiger partial charge in [0.05, 0.1) is 7.05 Å². The van der Waals surface area contributed by atoms with Gasteiger partial charge in [-0.15, -0.1) is 10.2 Å². The fourth-order valence-electron chi connectivity index (χ4n) is 1.51.